The van der Waals surface area contributed by atoms with Crippen molar-refractivity contribution < 1.29 is 31.8 Å². The van der Waals surface area contributed by atoms with E-state index in [0.29, 0.717) is 0 Å². The number of aliphatic hydroxyl groups excluding tert-OH is 2. The molecule has 0 aromatic heterocycles. The van der Waals surface area contributed by atoms with Crippen molar-refractivity contribution in [3.63, 3.8) is 0 Å². The highest BCUT2D eigenvalue weighted by atomic mass is 32.2. The van der Waals surface area contributed by atoms with Gasteiger partial charge in [-0.15, -0.1) is 0 Å². The van der Waals surface area contributed by atoms with E-state index in [1.807, 2.05) is 0 Å². The predicted molar refractivity (Wildman–Crippen MR) is 44.1 cm³/mol. The number of aliphatic hydroxyl groups is 2. The summed E-state index contributed by atoms with van der Waals surface area (Å²) in [6, 6.07) is 0. The molecule has 6 nitrogen and oxygen atoms in total. The molecule has 15 heavy (non-hydrogen) atoms. The minimum absolute atomic E-state index is 0.566. The van der Waals surface area contributed by atoms with E-state index in [2.05, 4.69) is 0 Å². The third kappa shape index (κ3) is 8.57. The molecule has 10 heteroatoms. The van der Waals surface area contributed by atoms with Gasteiger partial charge in [-0.2, -0.15) is 31.0 Å². The van der Waals surface area contributed by atoms with Gasteiger partial charge in [-0.05, 0) is 0 Å². The van der Waals surface area contributed by atoms with Gasteiger partial charge in [-0.3, -0.25) is 0 Å². The molecule has 0 rings (SSSR count). The molecule has 0 spiro atoms. The first-order valence-electron chi connectivity index (χ1n) is 3.76. The van der Waals surface area contributed by atoms with Crippen LogP contribution < -0.4 is 9.44 Å². The standard InChI is InChI=1S/C5H11F3N2O4S/c6-5(7,8)3-10-15(13,14)9-1-4(12)2-11/h4,9-12H,1-3H2. The summed E-state index contributed by atoms with van der Waals surface area (Å²) < 4.78 is 59.2. The average Bonchev–Trinajstić information content (AvgIpc) is 2.10. The van der Waals surface area contributed by atoms with Gasteiger partial charge >= 0.3 is 6.18 Å². The molecule has 0 aliphatic rings. The minimum Gasteiger partial charge on any atom is -0.394 e. The van der Waals surface area contributed by atoms with E-state index in [1.54, 1.807) is 4.72 Å². The van der Waals surface area contributed by atoms with Gasteiger partial charge in [-0.25, -0.2) is 0 Å². The van der Waals surface area contributed by atoms with Crippen LogP contribution in [0.1, 0.15) is 0 Å². The van der Waals surface area contributed by atoms with Crippen molar-refractivity contribution in [2.75, 3.05) is 19.7 Å². The maximum atomic E-state index is 11.6. The molecule has 0 aliphatic heterocycles. The zero-order chi connectivity index (χ0) is 12.1. The largest absolute Gasteiger partial charge is 0.402 e. The van der Waals surface area contributed by atoms with Gasteiger partial charge < -0.3 is 10.2 Å². The summed E-state index contributed by atoms with van der Waals surface area (Å²) >= 11 is 0. The Balaban J connectivity index is 3.99. The van der Waals surface area contributed by atoms with E-state index >= 15 is 0 Å². The zero-order valence-electron chi connectivity index (χ0n) is 7.45. The van der Waals surface area contributed by atoms with Crippen LogP contribution in [-0.2, 0) is 10.2 Å². The molecule has 1 atom stereocenters. The third-order valence-electron chi connectivity index (χ3n) is 1.18. The van der Waals surface area contributed by atoms with Crippen LogP contribution >= 0.6 is 0 Å². The maximum absolute atomic E-state index is 11.6. The second-order valence-electron chi connectivity index (χ2n) is 2.62. The van der Waals surface area contributed by atoms with Crippen LogP contribution in [0.2, 0.25) is 0 Å². The molecule has 0 heterocycles. The SMILES string of the molecule is O=S(=O)(NCC(O)CO)NCC(F)(F)F. The first-order valence-corrected chi connectivity index (χ1v) is 5.24. The summed E-state index contributed by atoms with van der Waals surface area (Å²) in [7, 11) is -4.31. The summed E-state index contributed by atoms with van der Waals surface area (Å²) in [5, 5.41) is 17.0. The van der Waals surface area contributed by atoms with E-state index in [1.165, 1.54) is 4.72 Å². The van der Waals surface area contributed by atoms with Gasteiger partial charge in [-0.1, -0.05) is 0 Å². The van der Waals surface area contributed by atoms with Crippen LogP contribution in [0.25, 0.3) is 0 Å². The Hall–Kier alpha value is -0.420. The smallest absolute Gasteiger partial charge is 0.394 e. The fourth-order valence-electron chi connectivity index (χ4n) is 0.498. The molecular weight excluding hydrogens is 241 g/mol. The van der Waals surface area contributed by atoms with Crippen LogP contribution in [-0.4, -0.2) is 50.6 Å². The molecule has 0 amide bonds. The van der Waals surface area contributed by atoms with Crippen LogP contribution in [0.15, 0.2) is 0 Å². The maximum Gasteiger partial charge on any atom is 0.402 e. The highest BCUT2D eigenvalue weighted by Crippen LogP contribution is 2.12. The zero-order valence-corrected chi connectivity index (χ0v) is 8.27. The molecule has 0 aromatic carbocycles. The van der Waals surface area contributed by atoms with E-state index in [-0.39, 0.29) is 0 Å². The minimum atomic E-state index is -4.65. The van der Waals surface area contributed by atoms with Gasteiger partial charge in [0.1, 0.15) is 6.54 Å². The average molecular weight is 252 g/mol. The summed E-state index contributed by atoms with van der Waals surface area (Å²) in [5.41, 5.74) is 0. The lowest BCUT2D eigenvalue weighted by atomic mass is 10.4. The summed E-state index contributed by atoms with van der Waals surface area (Å²) in [6.45, 7) is -2.96. The van der Waals surface area contributed by atoms with Crippen molar-refractivity contribution in [1.29, 1.82) is 0 Å². The fourth-order valence-corrected chi connectivity index (χ4v) is 1.37. The Bertz CT molecular complexity index is 278. The third-order valence-corrected chi connectivity index (χ3v) is 2.25. The molecule has 4 N–H and O–H groups in total. The monoisotopic (exact) mass is 252 g/mol. The molecule has 1 unspecified atom stereocenters. The lowest BCUT2D eigenvalue weighted by molar-refractivity contribution is -0.121. The van der Waals surface area contributed by atoms with E-state index in [9.17, 15) is 21.6 Å². The number of rotatable bonds is 6. The molecule has 0 radical (unpaired) electrons. The number of nitrogens with one attached hydrogen (secondary N) is 2. The quantitative estimate of drug-likeness (QED) is 0.454. The summed E-state index contributed by atoms with van der Waals surface area (Å²) in [4.78, 5) is 0. The number of halogens is 3. The molecule has 0 saturated heterocycles. The van der Waals surface area contributed by atoms with Crippen LogP contribution in [0.5, 0.6) is 0 Å². The normalized spacial score (nSPS) is 15.3. The summed E-state index contributed by atoms with van der Waals surface area (Å²) in [6.07, 6.45) is -6.00. The van der Waals surface area contributed by atoms with Crippen molar-refractivity contribution in [3.05, 3.63) is 0 Å². The van der Waals surface area contributed by atoms with E-state index in [4.69, 9.17) is 10.2 Å². The second kappa shape index (κ2) is 5.61. The first kappa shape index (κ1) is 14.6. The van der Waals surface area contributed by atoms with Gasteiger partial charge in [0.2, 0.25) is 0 Å². The van der Waals surface area contributed by atoms with Crippen molar-refractivity contribution in [3.8, 4) is 0 Å². The molecule has 0 aromatic rings. The van der Waals surface area contributed by atoms with Crippen molar-refractivity contribution in [1.82, 2.24) is 9.44 Å². The number of hydrogen-bond donors (Lipinski definition) is 4. The van der Waals surface area contributed by atoms with Crippen LogP contribution in [0.3, 0.4) is 0 Å². The van der Waals surface area contributed by atoms with Crippen LogP contribution in [0, 0.1) is 0 Å². The van der Waals surface area contributed by atoms with Crippen molar-refractivity contribution in [2.45, 2.75) is 12.3 Å². The highest BCUT2D eigenvalue weighted by Gasteiger charge is 2.29. The fraction of sp³-hybridized carbons (Fsp3) is 1.00. The Morgan fingerprint density at radius 1 is 1.27 bits per heavy atom. The van der Waals surface area contributed by atoms with Gasteiger partial charge in [0.05, 0.1) is 12.7 Å². The molecule has 0 bridgehead atoms. The predicted octanol–water partition coefficient (Wildman–Crippen LogP) is -1.67. The molecule has 0 aliphatic carbocycles. The van der Waals surface area contributed by atoms with Gasteiger partial charge in [0, 0.05) is 6.54 Å². The Morgan fingerprint density at radius 2 is 1.80 bits per heavy atom. The Morgan fingerprint density at radius 3 is 2.20 bits per heavy atom. The van der Waals surface area contributed by atoms with Gasteiger partial charge in [0.15, 0.2) is 0 Å². The topological polar surface area (TPSA) is 98.7 Å². The van der Waals surface area contributed by atoms with Crippen LogP contribution in [0.4, 0.5) is 13.2 Å². The number of hydrogen-bond acceptors (Lipinski definition) is 4. The molecule has 92 valence electrons. The summed E-state index contributed by atoms with van der Waals surface area (Å²) in [5.74, 6) is 0. The Labute approximate surface area is 84.3 Å². The van der Waals surface area contributed by atoms with E-state index in [0.717, 1.165) is 0 Å². The lowest BCUT2D eigenvalue weighted by Gasteiger charge is -2.11. The second-order valence-corrected chi connectivity index (χ2v) is 4.21. The first-order chi connectivity index (χ1) is 6.66. The highest BCUT2D eigenvalue weighted by molar-refractivity contribution is 7.87. The Kier molecular flexibility index (Phi) is 5.45. The molecule has 0 saturated carbocycles. The molecular formula is C5H11F3N2O4S. The number of alkyl halides is 3. The lowest BCUT2D eigenvalue weighted by Crippen LogP contribution is -2.44. The molecule has 0 fully saturated rings. The van der Waals surface area contributed by atoms with Crippen molar-refractivity contribution >= 4 is 10.2 Å². The van der Waals surface area contributed by atoms with Crippen molar-refractivity contribution in [2.24, 2.45) is 0 Å². The van der Waals surface area contributed by atoms with Gasteiger partial charge in [0.25, 0.3) is 10.2 Å². The van der Waals surface area contributed by atoms with E-state index < -0.39 is 42.2 Å².